The molecule has 0 saturated carbocycles. The number of aryl methyl sites for hydroxylation is 1. The van der Waals surface area contributed by atoms with E-state index in [0.717, 1.165) is 18.8 Å². The minimum absolute atomic E-state index is 0.137. The molecule has 150 valence electrons. The number of methoxy groups -OCH3 is 1. The topological polar surface area (TPSA) is 58.8 Å². The van der Waals surface area contributed by atoms with E-state index in [-0.39, 0.29) is 5.91 Å². The zero-order valence-electron chi connectivity index (χ0n) is 16.4. The quantitative estimate of drug-likeness (QED) is 0.641. The van der Waals surface area contributed by atoms with Gasteiger partial charge in [0.25, 0.3) is 5.91 Å². The number of halogens is 1. The van der Waals surface area contributed by atoms with Gasteiger partial charge < -0.3 is 19.0 Å². The molecule has 7 heteroatoms. The lowest BCUT2D eigenvalue weighted by molar-refractivity contribution is 0.0742. The summed E-state index contributed by atoms with van der Waals surface area (Å²) < 4.78 is 11.0. The van der Waals surface area contributed by atoms with E-state index in [1.165, 1.54) is 12.0 Å². The van der Waals surface area contributed by atoms with Gasteiger partial charge in [0.05, 0.1) is 12.7 Å². The molecule has 1 aliphatic heterocycles. The Morgan fingerprint density at radius 3 is 2.66 bits per heavy atom. The van der Waals surface area contributed by atoms with Crippen molar-refractivity contribution in [3.05, 3.63) is 65.1 Å². The maximum absolute atomic E-state index is 13.1. The van der Waals surface area contributed by atoms with Gasteiger partial charge in [-0.1, -0.05) is 29.8 Å². The molecule has 6 nitrogen and oxygen atoms in total. The highest BCUT2D eigenvalue weighted by Crippen LogP contribution is 2.32. The largest absolute Gasteiger partial charge is 0.496 e. The standard InChI is InChI=1S/C22H22ClN3O3/c1-15-7-8-16(23)13-18(15)25-9-11-26(12-10-25)22(27)20-21(29-14-24-20)17-5-3-4-6-19(17)28-2/h3-8,13-14H,9-12H2,1-2H3. The third-order valence-electron chi connectivity index (χ3n) is 5.20. The summed E-state index contributed by atoms with van der Waals surface area (Å²) in [6.07, 6.45) is 1.31. The number of benzene rings is 2. The monoisotopic (exact) mass is 411 g/mol. The van der Waals surface area contributed by atoms with E-state index in [0.29, 0.717) is 40.9 Å². The van der Waals surface area contributed by atoms with Crippen molar-refractivity contribution >= 4 is 23.2 Å². The SMILES string of the molecule is COc1ccccc1-c1ocnc1C(=O)N1CCN(c2cc(Cl)ccc2C)CC1. The zero-order valence-corrected chi connectivity index (χ0v) is 17.1. The van der Waals surface area contributed by atoms with Gasteiger partial charge in [0.1, 0.15) is 5.75 Å². The second-order valence-corrected chi connectivity index (χ2v) is 7.38. The summed E-state index contributed by atoms with van der Waals surface area (Å²) in [6, 6.07) is 13.3. The molecule has 0 unspecified atom stereocenters. The van der Waals surface area contributed by atoms with Gasteiger partial charge in [-0.2, -0.15) is 0 Å². The van der Waals surface area contributed by atoms with Crippen molar-refractivity contribution < 1.29 is 13.9 Å². The lowest BCUT2D eigenvalue weighted by Crippen LogP contribution is -2.49. The second kappa shape index (κ2) is 8.17. The third-order valence-corrected chi connectivity index (χ3v) is 5.44. The fourth-order valence-electron chi connectivity index (χ4n) is 3.65. The highest BCUT2D eigenvalue weighted by atomic mass is 35.5. The molecule has 1 aromatic heterocycles. The number of carbonyl (C=O) groups excluding carboxylic acids is 1. The smallest absolute Gasteiger partial charge is 0.276 e. The van der Waals surface area contributed by atoms with E-state index in [1.807, 2.05) is 47.4 Å². The highest BCUT2D eigenvalue weighted by molar-refractivity contribution is 6.30. The first-order valence-corrected chi connectivity index (χ1v) is 9.83. The van der Waals surface area contributed by atoms with Gasteiger partial charge in [0.2, 0.25) is 0 Å². The molecule has 2 heterocycles. The Bertz CT molecular complexity index is 1030. The van der Waals surface area contributed by atoms with E-state index < -0.39 is 0 Å². The van der Waals surface area contributed by atoms with Crippen LogP contribution >= 0.6 is 11.6 Å². The molecule has 1 saturated heterocycles. The van der Waals surface area contributed by atoms with E-state index in [1.54, 1.807) is 7.11 Å². The molecule has 1 aliphatic rings. The lowest BCUT2D eigenvalue weighted by atomic mass is 10.1. The number of para-hydroxylation sites is 1. The van der Waals surface area contributed by atoms with Crippen molar-refractivity contribution in [1.82, 2.24) is 9.88 Å². The summed E-state index contributed by atoms with van der Waals surface area (Å²) in [5.41, 5.74) is 3.30. The molecule has 1 fully saturated rings. The average Bonchev–Trinajstić information content (AvgIpc) is 3.24. The fraction of sp³-hybridized carbons (Fsp3) is 0.273. The first kappa shape index (κ1) is 19.3. The number of aromatic nitrogens is 1. The van der Waals surface area contributed by atoms with E-state index >= 15 is 0 Å². The number of anilines is 1. The molecule has 2 aromatic carbocycles. The Kier molecular flexibility index (Phi) is 5.45. The van der Waals surface area contributed by atoms with Crippen molar-refractivity contribution in [3.63, 3.8) is 0 Å². The number of hydrogen-bond acceptors (Lipinski definition) is 5. The van der Waals surface area contributed by atoms with Gasteiger partial charge >= 0.3 is 0 Å². The minimum Gasteiger partial charge on any atom is -0.496 e. The van der Waals surface area contributed by atoms with Crippen molar-refractivity contribution in [1.29, 1.82) is 0 Å². The van der Waals surface area contributed by atoms with Crippen LogP contribution in [0.2, 0.25) is 5.02 Å². The number of nitrogens with zero attached hydrogens (tertiary/aromatic N) is 3. The zero-order chi connectivity index (χ0) is 20.4. The summed E-state index contributed by atoms with van der Waals surface area (Å²) in [4.78, 5) is 21.4. The number of piperazine rings is 1. The van der Waals surface area contributed by atoms with Gasteiger partial charge in [-0.3, -0.25) is 4.79 Å². The van der Waals surface area contributed by atoms with Gasteiger partial charge in [-0.05, 0) is 36.8 Å². The van der Waals surface area contributed by atoms with E-state index in [2.05, 4.69) is 16.8 Å². The molecular weight excluding hydrogens is 390 g/mol. The first-order chi connectivity index (χ1) is 14.1. The third kappa shape index (κ3) is 3.80. The summed E-state index contributed by atoms with van der Waals surface area (Å²) >= 11 is 6.16. The molecular formula is C22H22ClN3O3. The van der Waals surface area contributed by atoms with Gasteiger partial charge in [0, 0.05) is 36.9 Å². The molecule has 3 aromatic rings. The normalized spacial score (nSPS) is 14.2. The Hall–Kier alpha value is -2.99. The minimum atomic E-state index is -0.137. The highest BCUT2D eigenvalue weighted by Gasteiger charge is 2.28. The van der Waals surface area contributed by atoms with Gasteiger partial charge in [0.15, 0.2) is 17.8 Å². The Balaban J connectivity index is 1.51. The number of ether oxygens (including phenoxy) is 1. The Morgan fingerprint density at radius 2 is 1.90 bits per heavy atom. The van der Waals surface area contributed by atoms with E-state index in [9.17, 15) is 4.79 Å². The number of oxazole rings is 1. The maximum atomic E-state index is 13.1. The maximum Gasteiger partial charge on any atom is 0.276 e. The summed E-state index contributed by atoms with van der Waals surface area (Å²) in [5, 5.41) is 0.716. The van der Waals surface area contributed by atoms with Crippen LogP contribution in [-0.2, 0) is 0 Å². The fourth-order valence-corrected chi connectivity index (χ4v) is 3.81. The Labute approximate surface area is 174 Å². The molecule has 0 atom stereocenters. The van der Waals surface area contributed by atoms with Crippen molar-refractivity contribution in [2.24, 2.45) is 0 Å². The first-order valence-electron chi connectivity index (χ1n) is 9.45. The average molecular weight is 412 g/mol. The van der Waals surface area contributed by atoms with Crippen LogP contribution in [0.4, 0.5) is 5.69 Å². The van der Waals surface area contributed by atoms with Crippen molar-refractivity contribution in [2.45, 2.75) is 6.92 Å². The molecule has 0 radical (unpaired) electrons. The van der Waals surface area contributed by atoms with Crippen molar-refractivity contribution in [2.75, 3.05) is 38.2 Å². The van der Waals surface area contributed by atoms with Crippen LogP contribution in [0.5, 0.6) is 5.75 Å². The van der Waals surface area contributed by atoms with Gasteiger partial charge in [-0.25, -0.2) is 4.98 Å². The lowest BCUT2D eigenvalue weighted by Gasteiger charge is -2.36. The Morgan fingerprint density at radius 1 is 1.14 bits per heavy atom. The predicted molar refractivity (Wildman–Crippen MR) is 113 cm³/mol. The summed E-state index contributed by atoms with van der Waals surface area (Å²) in [5.74, 6) is 0.933. The molecule has 0 N–H and O–H groups in total. The summed E-state index contributed by atoms with van der Waals surface area (Å²) in [6.45, 7) is 4.73. The van der Waals surface area contributed by atoms with E-state index in [4.69, 9.17) is 20.8 Å². The molecule has 29 heavy (non-hydrogen) atoms. The molecule has 4 rings (SSSR count). The van der Waals surface area contributed by atoms with Crippen LogP contribution in [0.1, 0.15) is 16.1 Å². The number of hydrogen-bond donors (Lipinski definition) is 0. The molecule has 0 bridgehead atoms. The van der Waals surface area contributed by atoms with Crippen LogP contribution in [-0.4, -0.2) is 49.1 Å². The molecule has 1 amide bonds. The predicted octanol–water partition coefficient (Wildman–Crippen LogP) is 4.27. The molecule has 0 spiro atoms. The van der Waals surface area contributed by atoms with Gasteiger partial charge in [-0.15, -0.1) is 0 Å². The van der Waals surface area contributed by atoms with Crippen LogP contribution in [0, 0.1) is 6.92 Å². The number of carbonyl (C=O) groups is 1. The second-order valence-electron chi connectivity index (χ2n) is 6.94. The number of rotatable bonds is 4. The summed E-state index contributed by atoms with van der Waals surface area (Å²) in [7, 11) is 1.59. The van der Waals surface area contributed by atoms with Crippen LogP contribution in [0.3, 0.4) is 0 Å². The molecule has 0 aliphatic carbocycles. The number of amides is 1. The van der Waals surface area contributed by atoms with Crippen LogP contribution in [0.25, 0.3) is 11.3 Å². The van der Waals surface area contributed by atoms with Crippen molar-refractivity contribution in [3.8, 4) is 17.1 Å². The van der Waals surface area contributed by atoms with Crippen LogP contribution < -0.4 is 9.64 Å². The van der Waals surface area contributed by atoms with Crippen LogP contribution in [0.15, 0.2) is 53.3 Å².